The first-order valence-corrected chi connectivity index (χ1v) is 7.95. The quantitative estimate of drug-likeness (QED) is 0.787. The second-order valence-electron chi connectivity index (χ2n) is 5.71. The molecule has 1 fully saturated rings. The highest BCUT2D eigenvalue weighted by atomic mass is 32.2. The second-order valence-corrected chi connectivity index (χ2v) is 6.76. The maximum Gasteiger partial charge on any atom is 0.416 e. The molecular weight excluding hydrogens is 315 g/mol. The fraction of sp³-hybridized carbons (Fsp3) is 0.533. The molecule has 0 spiro atoms. The van der Waals surface area contributed by atoms with Gasteiger partial charge in [0.15, 0.2) is 0 Å². The number of carbonyl (C=O) groups excluding carboxylic acids is 1. The van der Waals surface area contributed by atoms with Gasteiger partial charge in [-0.25, -0.2) is 0 Å². The molecule has 2 rings (SSSR count). The number of aliphatic hydroxyl groups excluding tert-OH is 1. The number of amides is 1. The summed E-state index contributed by atoms with van der Waals surface area (Å²) in [6.45, 7) is 1.65. The molecule has 1 atom stereocenters. The minimum atomic E-state index is -4.39. The number of nitrogens with one attached hydrogen (secondary N) is 1. The number of carbonyl (C=O) groups is 1. The third-order valence-electron chi connectivity index (χ3n) is 3.76. The molecule has 1 amide bonds. The monoisotopic (exact) mass is 333 g/mol. The smallest absolute Gasteiger partial charge is 0.394 e. The summed E-state index contributed by atoms with van der Waals surface area (Å²) < 4.78 is 37.8. The van der Waals surface area contributed by atoms with Crippen LogP contribution in [-0.4, -0.2) is 28.9 Å². The normalized spacial score (nSPS) is 17.9. The van der Waals surface area contributed by atoms with Crippen LogP contribution in [0.1, 0.15) is 25.3 Å². The van der Waals surface area contributed by atoms with E-state index in [1.165, 1.54) is 6.07 Å². The summed E-state index contributed by atoms with van der Waals surface area (Å²) in [5, 5.41) is 12.2. The van der Waals surface area contributed by atoms with Gasteiger partial charge in [0.25, 0.3) is 0 Å². The molecule has 2 N–H and O–H groups in total. The lowest BCUT2D eigenvalue weighted by Crippen LogP contribution is -2.51. The molecule has 1 aliphatic carbocycles. The van der Waals surface area contributed by atoms with E-state index in [1.54, 1.807) is 13.0 Å². The average molecular weight is 333 g/mol. The lowest BCUT2D eigenvalue weighted by molar-refractivity contribution is -0.137. The Bertz CT molecular complexity index is 546. The Balaban J connectivity index is 1.91. The van der Waals surface area contributed by atoms with Gasteiger partial charge in [0.1, 0.15) is 0 Å². The van der Waals surface area contributed by atoms with Crippen molar-refractivity contribution in [3.8, 4) is 0 Å². The van der Waals surface area contributed by atoms with Crippen molar-refractivity contribution < 1.29 is 23.1 Å². The van der Waals surface area contributed by atoms with Crippen molar-refractivity contribution in [3.63, 3.8) is 0 Å². The molecule has 3 nitrogen and oxygen atoms in total. The van der Waals surface area contributed by atoms with Gasteiger partial charge in [0.05, 0.1) is 23.5 Å². The van der Waals surface area contributed by atoms with E-state index in [0.717, 1.165) is 36.7 Å². The number of thioether (sulfide) groups is 1. The Kier molecular flexibility index (Phi) is 5.07. The number of benzene rings is 1. The number of alkyl halides is 3. The molecule has 0 radical (unpaired) electrons. The van der Waals surface area contributed by atoms with Gasteiger partial charge in [0, 0.05) is 4.90 Å². The molecule has 0 aromatic heterocycles. The largest absolute Gasteiger partial charge is 0.416 e. The van der Waals surface area contributed by atoms with Crippen LogP contribution in [0.4, 0.5) is 13.2 Å². The predicted octanol–water partition coefficient (Wildman–Crippen LogP) is 3.07. The van der Waals surface area contributed by atoms with E-state index in [0.29, 0.717) is 4.90 Å². The lowest BCUT2D eigenvalue weighted by Gasteiger charge is -2.28. The van der Waals surface area contributed by atoms with Crippen LogP contribution in [0.2, 0.25) is 0 Å². The van der Waals surface area contributed by atoms with Crippen molar-refractivity contribution in [2.45, 2.75) is 36.4 Å². The molecular formula is C15H18F3NO2S. The van der Waals surface area contributed by atoms with E-state index in [-0.39, 0.29) is 24.2 Å². The third-order valence-corrected chi connectivity index (χ3v) is 4.76. The Morgan fingerprint density at radius 1 is 1.41 bits per heavy atom. The molecule has 22 heavy (non-hydrogen) atoms. The van der Waals surface area contributed by atoms with Crippen molar-refractivity contribution in [3.05, 3.63) is 29.8 Å². The lowest BCUT2D eigenvalue weighted by atomic mass is 9.97. The average Bonchev–Trinajstić information content (AvgIpc) is 3.29. The Morgan fingerprint density at radius 2 is 2.09 bits per heavy atom. The summed E-state index contributed by atoms with van der Waals surface area (Å²) in [4.78, 5) is 12.3. The first-order valence-electron chi connectivity index (χ1n) is 6.96. The Labute approximate surface area is 131 Å². The van der Waals surface area contributed by atoms with Crippen molar-refractivity contribution in [1.82, 2.24) is 5.32 Å². The van der Waals surface area contributed by atoms with Crippen LogP contribution in [0.3, 0.4) is 0 Å². The molecule has 1 aromatic carbocycles. The van der Waals surface area contributed by atoms with Gasteiger partial charge in [-0.2, -0.15) is 13.2 Å². The summed E-state index contributed by atoms with van der Waals surface area (Å²) in [5.74, 6) is 0.00903. The molecule has 1 aliphatic rings. The Hall–Kier alpha value is -1.21. The predicted molar refractivity (Wildman–Crippen MR) is 78.5 cm³/mol. The van der Waals surface area contributed by atoms with Crippen LogP contribution < -0.4 is 5.32 Å². The van der Waals surface area contributed by atoms with Gasteiger partial charge in [-0.15, -0.1) is 11.8 Å². The van der Waals surface area contributed by atoms with Crippen LogP contribution in [0, 0.1) is 5.92 Å². The van der Waals surface area contributed by atoms with Crippen LogP contribution in [0.15, 0.2) is 29.2 Å². The molecule has 0 aliphatic heterocycles. The molecule has 1 saturated carbocycles. The summed E-state index contributed by atoms with van der Waals surface area (Å²) in [6, 6.07) is 4.90. The molecule has 1 unspecified atom stereocenters. The van der Waals surface area contributed by atoms with Gasteiger partial charge in [-0.1, -0.05) is 6.07 Å². The second kappa shape index (κ2) is 6.50. The zero-order valence-corrected chi connectivity index (χ0v) is 12.9. The summed E-state index contributed by atoms with van der Waals surface area (Å²) in [6.07, 6.45) is -2.45. The molecule has 0 bridgehead atoms. The zero-order valence-electron chi connectivity index (χ0n) is 12.1. The first-order chi connectivity index (χ1) is 10.2. The van der Waals surface area contributed by atoms with E-state index < -0.39 is 17.3 Å². The van der Waals surface area contributed by atoms with E-state index in [9.17, 15) is 23.1 Å². The summed E-state index contributed by atoms with van der Waals surface area (Å²) in [5.41, 5.74) is -1.36. The van der Waals surface area contributed by atoms with Crippen molar-refractivity contribution in [2.24, 2.45) is 5.92 Å². The first kappa shape index (κ1) is 17.1. The van der Waals surface area contributed by atoms with Crippen LogP contribution >= 0.6 is 11.8 Å². The van der Waals surface area contributed by atoms with Crippen LogP contribution in [0.25, 0.3) is 0 Å². The topological polar surface area (TPSA) is 49.3 Å². The highest BCUT2D eigenvalue weighted by Crippen LogP contribution is 2.39. The summed E-state index contributed by atoms with van der Waals surface area (Å²) in [7, 11) is 0. The van der Waals surface area contributed by atoms with E-state index in [2.05, 4.69) is 5.32 Å². The van der Waals surface area contributed by atoms with E-state index in [1.807, 2.05) is 0 Å². The fourth-order valence-corrected chi connectivity index (χ4v) is 3.01. The Morgan fingerprint density at radius 3 is 2.64 bits per heavy atom. The van der Waals surface area contributed by atoms with Crippen molar-refractivity contribution in [1.29, 1.82) is 0 Å². The molecule has 1 aromatic rings. The van der Waals surface area contributed by atoms with Crippen LogP contribution in [0.5, 0.6) is 0 Å². The zero-order chi connectivity index (χ0) is 16.4. The highest BCUT2D eigenvalue weighted by Gasteiger charge is 2.42. The number of hydrogen-bond donors (Lipinski definition) is 2. The number of hydrogen-bond acceptors (Lipinski definition) is 3. The molecule has 7 heteroatoms. The minimum absolute atomic E-state index is 0.0175. The third kappa shape index (κ3) is 4.39. The van der Waals surface area contributed by atoms with Crippen LogP contribution in [-0.2, 0) is 11.0 Å². The highest BCUT2D eigenvalue weighted by molar-refractivity contribution is 8.00. The number of rotatable bonds is 6. The van der Waals surface area contributed by atoms with Gasteiger partial charge >= 0.3 is 6.18 Å². The van der Waals surface area contributed by atoms with Gasteiger partial charge in [0.2, 0.25) is 5.91 Å². The summed E-state index contributed by atoms with van der Waals surface area (Å²) >= 11 is 1.05. The fourth-order valence-electron chi connectivity index (χ4n) is 2.26. The van der Waals surface area contributed by atoms with Gasteiger partial charge < -0.3 is 10.4 Å². The standard InChI is InChI=1S/C15H18F3NO2S/c1-14(9-20,10-5-6-10)19-13(21)8-22-12-4-2-3-11(7-12)15(16,17)18/h2-4,7,10,20H,5-6,8-9H2,1H3,(H,19,21). The van der Waals surface area contributed by atoms with E-state index >= 15 is 0 Å². The SMILES string of the molecule is CC(CO)(NC(=O)CSc1cccc(C(F)(F)F)c1)C1CC1. The minimum Gasteiger partial charge on any atom is -0.394 e. The maximum absolute atomic E-state index is 12.6. The maximum atomic E-state index is 12.6. The number of aliphatic hydroxyl groups is 1. The van der Waals surface area contributed by atoms with Gasteiger partial charge in [-0.05, 0) is 43.9 Å². The van der Waals surface area contributed by atoms with Crippen molar-refractivity contribution >= 4 is 17.7 Å². The molecule has 122 valence electrons. The molecule has 0 saturated heterocycles. The number of halogens is 3. The molecule has 0 heterocycles. The van der Waals surface area contributed by atoms with Crippen molar-refractivity contribution in [2.75, 3.05) is 12.4 Å². The van der Waals surface area contributed by atoms with Gasteiger partial charge in [-0.3, -0.25) is 4.79 Å². The van der Waals surface area contributed by atoms with E-state index in [4.69, 9.17) is 0 Å².